The molecule has 0 bridgehead atoms. The van der Waals surface area contributed by atoms with Gasteiger partial charge in [0.15, 0.2) is 12.4 Å². The minimum atomic E-state index is -0.272. The molecule has 0 spiro atoms. The highest BCUT2D eigenvalue weighted by Crippen LogP contribution is 2.26. The molecule has 1 aliphatic heterocycles. The Balaban J connectivity index is 1.95. The van der Waals surface area contributed by atoms with Crippen molar-refractivity contribution in [2.75, 3.05) is 13.2 Å². The molecule has 0 aliphatic carbocycles. The largest absolute Gasteiger partial charge is 0.348 e. The summed E-state index contributed by atoms with van der Waals surface area (Å²) in [7, 11) is 0. The highest BCUT2D eigenvalue weighted by molar-refractivity contribution is 5.39. The molecule has 1 saturated heterocycles. The molecule has 0 unspecified atom stereocenters. The second-order valence-corrected chi connectivity index (χ2v) is 4.64. The molecule has 0 atom stereocenters. The van der Waals surface area contributed by atoms with Gasteiger partial charge in [-0.2, -0.15) is 5.26 Å². The summed E-state index contributed by atoms with van der Waals surface area (Å²) in [6.45, 7) is 3.69. The maximum Gasteiger partial charge on any atom is 0.183 e. The Morgan fingerprint density at radius 3 is 2.47 bits per heavy atom. The predicted molar refractivity (Wildman–Crippen MR) is 72.0 cm³/mol. The first-order chi connectivity index (χ1) is 9.33. The summed E-state index contributed by atoms with van der Waals surface area (Å²) in [5, 5.41) is 8.39. The van der Waals surface area contributed by atoms with Crippen LogP contribution in [0.25, 0.3) is 0 Å². The number of hydrogen-bond donors (Lipinski definition) is 0. The lowest BCUT2D eigenvalue weighted by molar-refractivity contribution is -0.206. The van der Waals surface area contributed by atoms with Crippen molar-refractivity contribution in [2.24, 2.45) is 5.92 Å². The van der Waals surface area contributed by atoms with Crippen molar-refractivity contribution in [3.63, 3.8) is 0 Å². The van der Waals surface area contributed by atoms with Gasteiger partial charge in [-0.1, -0.05) is 31.4 Å². The molecule has 1 aromatic rings. The van der Waals surface area contributed by atoms with Crippen LogP contribution in [0.2, 0.25) is 0 Å². The third-order valence-electron chi connectivity index (χ3n) is 3.11. The molecule has 19 heavy (non-hydrogen) atoms. The molecule has 0 N–H and O–H groups in total. The van der Waals surface area contributed by atoms with Crippen molar-refractivity contribution >= 4 is 0 Å². The third-order valence-corrected chi connectivity index (χ3v) is 3.11. The van der Waals surface area contributed by atoms with Crippen LogP contribution in [0.15, 0.2) is 24.3 Å². The Bertz CT molecular complexity index is 496. The Labute approximate surface area is 114 Å². The first kappa shape index (κ1) is 13.6. The minimum absolute atomic E-state index is 0.272. The number of rotatable bonds is 3. The van der Waals surface area contributed by atoms with Crippen molar-refractivity contribution < 1.29 is 9.47 Å². The van der Waals surface area contributed by atoms with Crippen LogP contribution in [0.3, 0.4) is 0 Å². The second-order valence-electron chi connectivity index (χ2n) is 4.64. The molecular weight excluding hydrogens is 238 g/mol. The molecule has 1 heterocycles. The molecular formula is C16H17NO2. The van der Waals surface area contributed by atoms with Crippen LogP contribution in [-0.4, -0.2) is 13.2 Å². The lowest BCUT2D eigenvalue weighted by Gasteiger charge is -2.29. The summed E-state index contributed by atoms with van der Waals surface area (Å²) in [5.41, 5.74) is 1.82. The lowest BCUT2D eigenvalue weighted by atomic mass is 10.0. The average Bonchev–Trinajstić information content (AvgIpc) is 2.47. The van der Waals surface area contributed by atoms with E-state index in [1.54, 1.807) is 6.07 Å². The van der Waals surface area contributed by atoms with Gasteiger partial charge in [-0.3, -0.25) is 0 Å². The summed E-state index contributed by atoms with van der Waals surface area (Å²) < 4.78 is 11.5. The van der Waals surface area contributed by atoms with Gasteiger partial charge in [-0.15, -0.1) is 0 Å². The molecule has 0 amide bonds. The van der Waals surface area contributed by atoms with Gasteiger partial charge >= 0.3 is 0 Å². The molecule has 98 valence electrons. The normalized spacial score (nSPS) is 22.1. The number of ether oxygens (including phenoxy) is 2. The van der Waals surface area contributed by atoms with E-state index in [9.17, 15) is 0 Å². The predicted octanol–water partition coefficient (Wildman–Crippen LogP) is 3.02. The van der Waals surface area contributed by atoms with E-state index in [2.05, 4.69) is 18.8 Å². The summed E-state index contributed by atoms with van der Waals surface area (Å²) in [6, 6.07) is 9.43. The molecule has 1 aliphatic rings. The van der Waals surface area contributed by atoms with Crippen LogP contribution in [-0.2, 0) is 9.47 Å². The highest BCUT2D eigenvalue weighted by atomic mass is 16.7. The number of benzene rings is 1. The first-order valence-corrected chi connectivity index (χ1v) is 6.56. The molecule has 3 nitrogen and oxygen atoms in total. The highest BCUT2D eigenvalue weighted by Gasteiger charge is 2.22. The lowest BCUT2D eigenvalue weighted by Crippen LogP contribution is -2.26. The SMILES string of the molecule is CCC[C@H]1CO[C@H](c2ccc(C#CC#N)cc2)OC1. The van der Waals surface area contributed by atoms with Gasteiger partial charge < -0.3 is 9.47 Å². The monoisotopic (exact) mass is 255 g/mol. The molecule has 1 aromatic carbocycles. The molecule has 0 saturated carbocycles. The van der Waals surface area contributed by atoms with Gasteiger partial charge in [0.1, 0.15) is 0 Å². The Kier molecular flexibility index (Phi) is 4.98. The van der Waals surface area contributed by atoms with E-state index < -0.39 is 0 Å². The summed E-state index contributed by atoms with van der Waals surface area (Å²) in [5.74, 6) is 5.65. The van der Waals surface area contributed by atoms with E-state index in [1.807, 2.05) is 24.3 Å². The van der Waals surface area contributed by atoms with Gasteiger partial charge in [0.05, 0.1) is 13.2 Å². The molecule has 0 radical (unpaired) electrons. The van der Waals surface area contributed by atoms with Gasteiger partial charge in [0, 0.05) is 23.0 Å². The van der Waals surface area contributed by atoms with Crippen molar-refractivity contribution in [3.05, 3.63) is 35.4 Å². The van der Waals surface area contributed by atoms with Crippen LogP contribution < -0.4 is 0 Å². The number of nitrogens with zero attached hydrogens (tertiary/aromatic N) is 1. The molecule has 3 heteroatoms. The van der Waals surface area contributed by atoms with Crippen LogP contribution >= 0.6 is 0 Å². The van der Waals surface area contributed by atoms with E-state index in [0.717, 1.165) is 37.2 Å². The smallest absolute Gasteiger partial charge is 0.183 e. The molecule has 2 rings (SSSR count). The standard InChI is InChI=1S/C16H17NO2/c1-2-4-14-11-18-16(19-12-14)15-8-6-13(7-9-15)5-3-10-17/h6-9,14,16H,2,4,11-12H2,1H3/t14-,16-. The Morgan fingerprint density at radius 1 is 1.21 bits per heavy atom. The van der Waals surface area contributed by atoms with Gasteiger partial charge in [-0.05, 0) is 18.6 Å². The van der Waals surface area contributed by atoms with Crippen LogP contribution in [0, 0.1) is 29.1 Å². The van der Waals surface area contributed by atoms with E-state index in [4.69, 9.17) is 14.7 Å². The zero-order valence-electron chi connectivity index (χ0n) is 11.1. The van der Waals surface area contributed by atoms with E-state index in [-0.39, 0.29) is 6.29 Å². The minimum Gasteiger partial charge on any atom is -0.348 e. The fraction of sp³-hybridized carbons (Fsp3) is 0.438. The van der Waals surface area contributed by atoms with Gasteiger partial charge in [0.2, 0.25) is 0 Å². The van der Waals surface area contributed by atoms with Crippen molar-refractivity contribution in [3.8, 4) is 17.9 Å². The first-order valence-electron chi connectivity index (χ1n) is 6.56. The van der Waals surface area contributed by atoms with E-state index >= 15 is 0 Å². The summed E-state index contributed by atoms with van der Waals surface area (Å²) >= 11 is 0. The quantitative estimate of drug-likeness (QED) is 0.780. The van der Waals surface area contributed by atoms with E-state index in [0.29, 0.717) is 5.92 Å². The van der Waals surface area contributed by atoms with Crippen LogP contribution in [0.4, 0.5) is 0 Å². The van der Waals surface area contributed by atoms with Crippen LogP contribution in [0.1, 0.15) is 37.2 Å². The topological polar surface area (TPSA) is 42.2 Å². The zero-order chi connectivity index (χ0) is 13.5. The summed E-state index contributed by atoms with van der Waals surface area (Å²) in [6.07, 6.45) is 2.04. The number of nitriles is 1. The molecule has 1 fully saturated rings. The van der Waals surface area contributed by atoms with E-state index in [1.165, 1.54) is 0 Å². The zero-order valence-corrected chi connectivity index (χ0v) is 11.1. The van der Waals surface area contributed by atoms with Crippen molar-refractivity contribution in [1.82, 2.24) is 0 Å². The average molecular weight is 255 g/mol. The third kappa shape index (κ3) is 3.83. The Hall–Kier alpha value is -1.81. The fourth-order valence-electron chi connectivity index (χ4n) is 2.13. The Morgan fingerprint density at radius 2 is 1.89 bits per heavy atom. The van der Waals surface area contributed by atoms with Crippen molar-refractivity contribution in [1.29, 1.82) is 5.26 Å². The maximum atomic E-state index is 8.39. The van der Waals surface area contributed by atoms with Crippen LogP contribution in [0.5, 0.6) is 0 Å². The van der Waals surface area contributed by atoms with Gasteiger partial charge in [0.25, 0.3) is 0 Å². The van der Waals surface area contributed by atoms with Crippen molar-refractivity contribution in [2.45, 2.75) is 26.1 Å². The maximum absolute atomic E-state index is 8.39. The molecule has 0 aromatic heterocycles. The fourth-order valence-corrected chi connectivity index (χ4v) is 2.13. The summed E-state index contributed by atoms with van der Waals surface area (Å²) in [4.78, 5) is 0. The number of hydrogen-bond acceptors (Lipinski definition) is 3. The second kappa shape index (κ2) is 6.95. The van der Waals surface area contributed by atoms with Gasteiger partial charge in [-0.25, -0.2) is 0 Å².